The van der Waals surface area contributed by atoms with Crippen LogP contribution in [0.25, 0.3) is 0 Å². The maximum absolute atomic E-state index is 12.0. The van der Waals surface area contributed by atoms with Crippen LogP contribution in [0.2, 0.25) is 0 Å². The molecule has 3 N–H and O–H groups in total. The highest BCUT2D eigenvalue weighted by atomic mass is 17.0. The van der Waals surface area contributed by atoms with E-state index in [-0.39, 0.29) is 24.7 Å². The minimum absolute atomic E-state index is 0.0551. The first kappa shape index (κ1) is 20.5. The van der Waals surface area contributed by atoms with Crippen molar-refractivity contribution in [3.05, 3.63) is 69.8 Å². The van der Waals surface area contributed by atoms with Crippen LogP contribution in [-0.2, 0) is 14.9 Å². The van der Waals surface area contributed by atoms with Gasteiger partial charge in [-0.3, -0.25) is 4.84 Å². The predicted octanol–water partition coefficient (Wildman–Crippen LogP) is 1.55. The smallest absolute Gasteiger partial charge is 0.299 e. The van der Waals surface area contributed by atoms with Gasteiger partial charge < -0.3 is 24.8 Å². The topological polar surface area (TPSA) is 132 Å². The lowest BCUT2D eigenvalue weighted by Gasteiger charge is -2.47. The summed E-state index contributed by atoms with van der Waals surface area (Å²) in [6, 6.07) is 12.7. The van der Waals surface area contributed by atoms with Crippen LogP contribution in [-0.4, -0.2) is 57.5 Å². The molecule has 2 saturated heterocycles. The Morgan fingerprint density at radius 2 is 1.77 bits per heavy atom. The third-order valence-corrected chi connectivity index (χ3v) is 6.25. The number of benzene rings is 2. The van der Waals surface area contributed by atoms with E-state index in [9.17, 15) is 25.4 Å². The van der Waals surface area contributed by atoms with Crippen molar-refractivity contribution in [1.29, 1.82) is 0 Å². The maximum atomic E-state index is 12.0. The molecule has 0 amide bonds. The monoisotopic (exact) mass is 417 g/mol. The molecule has 9 heteroatoms. The molecular weight excluding hydrogens is 394 g/mol. The van der Waals surface area contributed by atoms with Gasteiger partial charge in [0, 0.05) is 0 Å². The van der Waals surface area contributed by atoms with Gasteiger partial charge in [0.15, 0.2) is 0 Å². The average molecular weight is 417 g/mol. The second-order valence-corrected chi connectivity index (χ2v) is 7.67. The molecular formula is C21H23NO8. The van der Waals surface area contributed by atoms with Crippen molar-refractivity contribution >= 4 is 0 Å². The normalized spacial score (nSPS) is 29.9. The molecule has 4 rings (SSSR count). The van der Waals surface area contributed by atoms with E-state index in [1.807, 2.05) is 6.92 Å². The van der Waals surface area contributed by atoms with E-state index in [4.69, 9.17) is 9.47 Å². The molecule has 1 unspecified atom stereocenters. The number of ether oxygens (including phenoxy) is 2. The number of phenols is 1. The summed E-state index contributed by atoms with van der Waals surface area (Å²) in [6.45, 7) is 1.90. The number of rotatable bonds is 6. The van der Waals surface area contributed by atoms with Crippen LogP contribution in [0.3, 0.4) is 0 Å². The van der Waals surface area contributed by atoms with Crippen molar-refractivity contribution < 1.29 is 34.7 Å². The average Bonchev–Trinajstić information content (AvgIpc) is 3.26. The van der Waals surface area contributed by atoms with Gasteiger partial charge in [0.05, 0.1) is 18.6 Å². The molecule has 2 aliphatic rings. The highest BCUT2D eigenvalue weighted by molar-refractivity contribution is 5.48. The SMILES string of the molecule is CCC(c1ccc(O)cc1)(c1ccc(O[N+](=O)[O-])cc1)[C@]1(O)CO[C@@H]2[C@@H](O)CO[C@@H]21. The van der Waals surface area contributed by atoms with E-state index in [1.165, 1.54) is 24.3 Å². The summed E-state index contributed by atoms with van der Waals surface area (Å²) in [7, 11) is 0. The van der Waals surface area contributed by atoms with Crippen molar-refractivity contribution in [2.45, 2.75) is 42.7 Å². The van der Waals surface area contributed by atoms with E-state index in [0.717, 1.165) is 0 Å². The number of hydrogen-bond acceptors (Lipinski definition) is 8. The molecule has 5 atom stereocenters. The number of aromatic hydroxyl groups is 1. The Hall–Kier alpha value is -2.72. The van der Waals surface area contributed by atoms with Gasteiger partial charge in [-0.2, -0.15) is 0 Å². The fourth-order valence-corrected chi connectivity index (χ4v) is 4.89. The zero-order valence-corrected chi connectivity index (χ0v) is 16.3. The summed E-state index contributed by atoms with van der Waals surface area (Å²) in [6.07, 6.45) is -1.84. The number of hydrogen-bond donors (Lipinski definition) is 3. The van der Waals surface area contributed by atoms with Crippen LogP contribution in [0.4, 0.5) is 0 Å². The van der Waals surface area contributed by atoms with Crippen molar-refractivity contribution in [1.82, 2.24) is 0 Å². The van der Waals surface area contributed by atoms with E-state index < -0.39 is 34.4 Å². The summed E-state index contributed by atoms with van der Waals surface area (Å²) in [5.74, 6) is 0.137. The number of fused-ring (bicyclic) bond motifs is 1. The Labute approximate surface area is 172 Å². The first-order valence-corrected chi connectivity index (χ1v) is 9.68. The van der Waals surface area contributed by atoms with Gasteiger partial charge in [0.1, 0.15) is 35.4 Å². The van der Waals surface area contributed by atoms with Crippen LogP contribution < -0.4 is 4.84 Å². The minimum atomic E-state index is -1.54. The maximum Gasteiger partial charge on any atom is 0.299 e. The Morgan fingerprint density at radius 3 is 2.33 bits per heavy atom. The molecule has 0 bridgehead atoms. The minimum Gasteiger partial charge on any atom is -0.508 e. The fourth-order valence-electron chi connectivity index (χ4n) is 4.89. The summed E-state index contributed by atoms with van der Waals surface area (Å²) < 4.78 is 11.5. The van der Waals surface area contributed by atoms with Crippen LogP contribution >= 0.6 is 0 Å². The molecule has 0 aromatic heterocycles. The number of aliphatic hydroxyl groups is 2. The molecule has 2 heterocycles. The van der Waals surface area contributed by atoms with E-state index in [0.29, 0.717) is 17.5 Å². The van der Waals surface area contributed by atoms with Crippen molar-refractivity contribution in [2.24, 2.45) is 0 Å². The lowest BCUT2D eigenvalue weighted by molar-refractivity contribution is -0.711. The van der Waals surface area contributed by atoms with Gasteiger partial charge >= 0.3 is 0 Å². The Kier molecular flexibility index (Phi) is 5.15. The van der Waals surface area contributed by atoms with E-state index >= 15 is 0 Å². The van der Waals surface area contributed by atoms with Gasteiger partial charge in [0.25, 0.3) is 5.09 Å². The van der Waals surface area contributed by atoms with E-state index in [1.54, 1.807) is 24.3 Å². The quantitative estimate of drug-likeness (QED) is 0.477. The Morgan fingerprint density at radius 1 is 1.17 bits per heavy atom. The largest absolute Gasteiger partial charge is 0.508 e. The van der Waals surface area contributed by atoms with Crippen LogP contribution in [0.15, 0.2) is 48.5 Å². The van der Waals surface area contributed by atoms with Crippen LogP contribution in [0.5, 0.6) is 11.5 Å². The van der Waals surface area contributed by atoms with Crippen LogP contribution in [0.1, 0.15) is 24.5 Å². The highest BCUT2D eigenvalue weighted by Crippen LogP contribution is 2.52. The fraction of sp³-hybridized carbons (Fsp3) is 0.429. The lowest BCUT2D eigenvalue weighted by atomic mass is 9.60. The van der Waals surface area contributed by atoms with Gasteiger partial charge in [-0.25, -0.2) is 0 Å². The van der Waals surface area contributed by atoms with Gasteiger partial charge in [-0.05, 0) is 41.8 Å². The Balaban J connectivity index is 1.87. The van der Waals surface area contributed by atoms with Crippen molar-refractivity contribution in [2.75, 3.05) is 13.2 Å². The molecule has 0 radical (unpaired) electrons. The van der Waals surface area contributed by atoms with Gasteiger partial charge in [0.2, 0.25) is 0 Å². The molecule has 2 aromatic rings. The molecule has 160 valence electrons. The predicted molar refractivity (Wildman–Crippen MR) is 104 cm³/mol. The van der Waals surface area contributed by atoms with Gasteiger partial charge in [-0.1, -0.05) is 31.2 Å². The van der Waals surface area contributed by atoms with Crippen molar-refractivity contribution in [3.8, 4) is 11.5 Å². The second kappa shape index (κ2) is 7.51. The molecule has 0 saturated carbocycles. The zero-order chi connectivity index (χ0) is 21.5. The summed E-state index contributed by atoms with van der Waals surface area (Å²) in [5, 5.41) is 41.7. The summed E-state index contributed by atoms with van der Waals surface area (Å²) in [4.78, 5) is 15.2. The van der Waals surface area contributed by atoms with Crippen LogP contribution in [0, 0.1) is 10.1 Å². The molecule has 0 aliphatic carbocycles. The standard InChI is InChI=1S/C21H23NO8/c1-2-20(13-3-7-15(23)8-4-13,14-5-9-16(10-6-14)30-22(26)27)21(25)12-29-18-17(24)11-28-19(18)21/h3-10,17-19,23-25H,2,11-12H2,1H3/t17-,18+,19-,20?,21-/m0/s1. The molecule has 9 nitrogen and oxygen atoms in total. The second-order valence-electron chi connectivity index (χ2n) is 7.67. The third-order valence-electron chi connectivity index (χ3n) is 6.25. The van der Waals surface area contributed by atoms with Crippen molar-refractivity contribution in [3.63, 3.8) is 0 Å². The first-order chi connectivity index (χ1) is 14.3. The molecule has 2 aromatic carbocycles. The molecule has 30 heavy (non-hydrogen) atoms. The number of phenolic OH excluding ortho intramolecular Hbond substituents is 1. The number of aliphatic hydroxyl groups excluding tert-OH is 1. The lowest BCUT2D eigenvalue weighted by Crippen LogP contribution is -2.60. The molecule has 0 spiro atoms. The summed E-state index contributed by atoms with van der Waals surface area (Å²) in [5.41, 5.74) is -1.20. The molecule has 2 aliphatic heterocycles. The Bertz CT molecular complexity index is 918. The third kappa shape index (κ3) is 3.02. The highest BCUT2D eigenvalue weighted by Gasteiger charge is 2.65. The summed E-state index contributed by atoms with van der Waals surface area (Å²) >= 11 is 0. The number of nitrogens with zero attached hydrogens (tertiary/aromatic N) is 1. The molecule has 2 fully saturated rings. The van der Waals surface area contributed by atoms with E-state index in [2.05, 4.69) is 4.84 Å². The van der Waals surface area contributed by atoms with Gasteiger partial charge in [-0.15, -0.1) is 10.1 Å². The zero-order valence-electron chi connectivity index (χ0n) is 16.3. The first-order valence-electron chi connectivity index (χ1n) is 9.68.